The highest BCUT2D eigenvalue weighted by Crippen LogP contribution is 2.31. The minimum Gasteiger partial charge on any atom is -0.493 e. The number of nitro groups is 1. The van der Waals surface area contributed by atoms with Gasteiger partial charge in [0.15, 0.2) is 23.0 Å². The van der Waals surface area contributed by atoms with Crippen molar-refractivity contribution < 1.29 is 67.2 Å². The molecule has 2 atom stereocenters. The maximum Gasteiger partial charge on any atom is 0.349 e. The van der Waals surface area contributed by atoms with Crippen molar-refractivity contribution in [3.05, 3.63) is 81.4 Å². The number of amides is 1. The van der Waals surface area contributed by atoms with Crippen molar-refractivity contribution in [1.29, 1.82) is 0 Å². The molecule has 3 aromatic carbocycles. The highest BCUT2D eigenvalue weighted by molar-refractivity contribution is 6.02. The quantitative estimate of drug-likeness (QED) is 0.115. The molecule has 0 aliphatic carbocycles. The van der Waals surface area contributed by atoms with Gasteiger partial charge in [-0.1, -0.05) is 6.07 Å². The van der Waals surface area contributed by atoms with E-state index in [0.717, 1.165) is 50.2 Å². The summed E-state index contributed by atoms with van der Waals surface area (Å²) in [4.78, 5) is 85.8. The Kier molecular flexibility index (Phi) is 11.7. The van der Waals surface area contributed by atoms with Crippen molar-refractivity contribution in [3.8, 4) is 23.0 Å². The number of nitrogens with zero attached hydrogens (tertiary/aromatic N) is 1. The van der Waals surface area contributed by atoms with E-state index < -0.39 is 58.6 Å². The number of ether oxygens (including phenoxy) is 6. The summed E-state index contributed by atoms with van der Waals surface area (Å²) in [5.41, 5.74) is -0.845. The molecule has 0 fully saturated rings. The molecular formula is C31H28N2O15. The highest BCUT2D eigenvalue weighted by atomic mass is 16.6. The van der Waals surface area contributed by atoms with Crippen LogP contribution in [0.5, 0.6) is 23.0 Å². The van der Waals surface area contributed by atoms with E-state index in [0.29, 0.717) is 5.56 Å². The Morgan fingerprint density at radius 2 is 1.21 bits per heavy atom. The molecular weight excluding hydrogens is 640 g/mol. The lowest BCUT2D eigenvalue weighted by atomic mass is 10.1. The minimum atomic E-state index is -2.48. The number of aliphatic carboxylic acids is 1. The average Bonchev–Trinajstić information content (AvgIpc) is 3.02. The third-order valence-corrected chi connectivity index (χ3v) is 6.24. The molecule has 3 rings (SSSR count). The maximum atomic E-state index is 13.6. The second kappa shape index (κ2) is 15.7. The van der Waals surface area contributed by atoms with E-state index >= 15 is 0 Å². The summed E-state index contributed by atoms with van der Waals surface area (Å²) in [6.45, 7) is 3.75. The minimum absolute atomic E-state index is 0.0648. The largest absolute Gasteiger partial charge is 0.493 e. The number of nitro benzene ring substituents is 1. The number of esters is 4. The Hall–Kier alpha value is -6.52. The molecule has 3 aromatic rings. The first-order valence-electron chi connectivity index (χ1n) is 13.6. The number of carbonyl (C=O) groups excluding carboxylic acids is 5. The molecule has 0 spiro atoms. The van der Waals surface area contributed by atoms with Gasteiger partial charge in [0.25, 0.3) is 11.6 Å². The molecule has 0 aromatic heterocycles. The zero-order valence-corrected chi connectivity index (χ0v) is 26.0. The van der Waals surface area contributed by atoms with Crippen molar-refractivity contribution in [2.45, 2.75) is 33.0 Å². The van der Waals surface area contributed by atoms with Crippen LogP contribution >= 0.6 is 0 Å². The van der Waals surface area contributed by atoms with Crippen molar-refractivity contribution in [2.24, 2.45) is 0 Å². The lowest BCUT2D eigenvalue weighted by Gasteiger charge is -2.24. The second-order valence-electron chi connectivity index (χ2n) is 9.65. The number of rotatable bonds is 13. The van der Waals surface area contributed by atoms with Gasteiger partial charge in [0.1, 0.15) is 0 Å². The Morgan fingerprint density at radius 1 is 0.729 bits per heavy atom. The number of benzene rings is 3. The van der Waals surface area contributed by atoms with Gasteiger partial charge >= 0.3 is 29.8 Å². The van der Waals surface area contributed by atoms with Crippen molar-refractivity contribution in [1.82, 2.24) is 0 Å². The number of aryl methyl sites for hydroxylation is 1. The van der Waals surface area contributed by atoms with E-state index in [4.69, 9.17) is 28.4 Å². The van der Waals surface area contributed by atoms with Crippen LogP contribution in [0.3, 0.4) is 0 Å². The van der Waals surface area contributed by atoms with Crippen molar-refractivity contribution in [3.63, 3.8) is 0 Å². The van der Waals surface area contributed by atoms with Gasteiger partial charge in [0.2, 0.25) is 12.2 Å². The predicted octanol–water partition coefficient (Wildman–Crippen LogP) is 3.25. The predicted molar refractivity (Wildman–Crippen MR) is 161 cm³/mol. The van der Waals surface area contributed by atoms with Gasteiger partial charge in [-0.05, 0) is 48.9 Å². The summed E-state index contributed by atoms with van der Waals surface area (Å²) in [5.74, 6) is -7.58. The summed E-state index contributed by atoms with van der Waals surface area (Å²) < 4.78 is 30.6. The van der Waals surface area contributed by atoms with Crippen molar-refractivity contribution >= 4 is 47.1 Å². The number of carboxylic acids is 1. The van der Waals surface area contributed by atoms with Crippen LogP contribution in [0, 0.1) is 17.0 Å². The lowest BCUT2D eigenvalue weighted by molar-refractivity contribution is -0.384. The number of anilines is 1. The summed E-state index contributed by atoms with van der Waals surface area (Å²) in [6.07, 6.45) is -4.87. The van der Waals surface area contributed by atoms with Gasteiger partial charge in [-0.2, -0.15) is 0 Å². The molecule has 252 valence electrons. The van der Waals surface area contributed by atoms with E-state index in [9.17, 15) is 44.0 Å². The van der Waals surface area contributed by atoms with Gasteiger partial charge in [-0.25, -0.2) is 14.4 Å². The third-order valence-electron chi connectivity index (χ3n) is 6.24. The van der Waals surface area contributed by atoms with Gasteiger partial charge in [0.05, 0.1) is 36.0 Å². The number of carboxylic acid groups (broad SMARTS) is 1. The maximum absolute atomic E-state index is 13.6. The molecule has 1 amide bonds. The Balaban J connectivity index is 2.03. The smallest absolute Gasteiger partial charge is 0.349 e. The Bertz CT molecular complexity index is 1790. The first-order chi connectivity index (χ1) is 22.6. The molecule has 48 heavy (non-hydrogen) atoms. The van der Waals surface area contributed by atoms with Crippen LogP contribution < -0.4 is 24.3 Å². The van der Waals surface area contributed by atoms with Gasteiger partial charge in [-0.15, -0.1) is 0 Å². The molecule has 0 bridgehead atoms. The van der Waals surface area contributed by atoms with E-state index in [1.165, 1.54) is 39.3 Å². The molecule has 0 aliphatic heterocycles. The van der Waals surface area contributed by atoms with Crippen LogP contribution in [-0.4, -0.2) is 72.2 Å². The highest BCUT2D eigenvalue weighted by Gasteiger charge is 2.41. The van der Waals surface area contributed by atoms with Gasteiger partial charge < -0.3 is 38.8 Å². The summed E-state index contributed by atoms with van der Waals surface area (Å²) >= 11 is 0. The van der Waals surface area contributed by atoms with E-state index in [1.807, 2.05) is 0 Å². The molecule has 0 heterocycles. The second-order valence-corrected chi connectivity index (χ2v) is 9.65. The number of hydrogen-bond donors (Lipinski definition) is 2. The Morgan fingerprint density at radius 3 is 1.62 bits per heavy atom. The normalized spacial score (nSPS) is 11.6. The van der Waals surface area contributed by atoms with Crippen LogP contribution in [-0.2, 0) is 28.7 Å². The molecule has 17 heteroatoms. The molecule has 2 N–H and O–H groups in total. The fourth-order valence-corrected chi connectivity index (χ4v) is 3.99. The van der Waals surface area contributed by atoms with Crippen molar-refractivity contribution in [2.75, 3.05) is 19.5 Å². The number of non-ortho nitro benzene ring substituents is 1. The van der Waals surface area contributed by atoms with Gasteiger partial charge in [-0.3, -0.25) is 24.5 Å². The molecule has 0 unspecified atom stereocenters. The standard InChI is InChI=1S/C31H28N2O15/c1-15-6-9-20(33(41)42)14-21(15)32-28(36)26(47-30(39)18-7-10-22(45-16(2)34)24(12-18)43-4)27(29(37)38)48-31(40)19-8-11-23(46-17(3)35)25(13-19)44-5/h6-14,26-27H,1-5H3,(H,32,36)(H,37,38)/t26-,27+/m0/s1. The summed E-state index contributed by atoms with van der Waals surface area (Å²) in [5, 5.41) is 23.7. The molecule has 0 radical (unpaired) electrons. The molecule has 0 saturated carbocycles. The third kappa shape index (κ3) is 9.03. The molecule has 0 saturated heterocycles. The first kappa shape index (κ1) is 36.0. The van der Waals surface area contributed by atoms with Gasteiger partial charge in [0, 0.05) is 26.0 Å². The topological polar surface area (TPSA) is 233 Å². The van der Waals surface area contributed by atoms with E-state index in [-0.39, 0.29) is 39.8 Å². The summed E-state index contributed by atoms with van der Waals surface area (Å²) in [7, 11) is 2.42. The SMILES string of the molecule is COc1cc(C(=O)O[C@H](C(=O)Nc2cc([N+](=O)[O-])ccc2C)[C@@H](OC(=O)c2ccc(OC(C)=O)c(OC)c2)C(=O)O)ccc1OC(C)=O. The van der Waals surface area contributed by atoms with E-state index in [1.54, 1.807) is 0 Å². The number of methoxy groups -OCH3 is 2. The zero-order chi connectivity index (χ0) is 35.7. The fourth-order valence-electron chi connectivity index (χ4n) is 3.99. The monoisotopic (exact) mass is 668 g/mol. The Labute approximate surface area is 271 Å². The van der Waals surface area contributed by atoms with Crippen LogP contribution in [0.15, 0.2) is 54.6 Å². The zero-order valence-electron chi connectivity index (χ0n) is 26.0. The van der Waals surface area contributed by atoms with E-state index in [2.05, 4.69) is 5.32 Å². The molecule has 0 aliphatic rings. The summed E-state index contributed by atoms with van der Waals surface area (Å²) in [6, 6.07) is 10.2. The number of nitrogens with one attached hydrogen (secondary N) is 1. The van der Waals surface area contributed by atoms with Crippen LogP contribution in [0.4, 0.5) is 11.4 Å². The number of carbonyl (C=O) groups is 6. The van der Waals surface area contributed by atoms with Crippen LogP contribution in [0.1, 0.15) is 40.1 Å². The first-order valence-corrected chi connectivity index (χ1v) is 13.6. The number of hydrogen-bond acceptors (Lipinski definition) is 14. The average molecular weight is 669 g/mol. The lowest BCUT2D eigenvalue weighted by Crippen LogP contribution is -2.48. The molecule has 17 nitrogen and oxygen atoms in total. The fraction of sp³-hybridized carbons (Fsp3) is 0.226. The van der Waals surface area contributed by atoms with Crippen LogP contribution in [0.25, 0.3) is 0 Å². The van der Waals surface area contributed by atoms with Crippen LogP contribution in [0.2, 0.25) is 0 Å².